The molecule has 0 aromatic heterocycles. The first kappa shape index (κ1) is 13.9. The summed E-state index contributed by atoms with van der Waals surface area (Å²) in [7, 11) is 0. The number of rotatable bonds is 2. The van der Waals surface area contributed by atoms with Gasteiger partial charge in [-0.25, -0.2) is 0 Å². The van der Waals surface area contributed by atoms with Crippen LogP contribution in [-0.4, -0.2) is 5.91 Å². The van der Waals surface area contributed by atoms with Gasteiger partial charge in [-0.05, 0) is 53.4 Å². The fraction of sp³-hybridized carbons (Fsp3) is 0.500. The quantitative estimate of drug-likeness (QED) is 0.818. The fourth-order valence-corrected chi connectivity index (χ4v) is 3.06. The van der Waals surface area contributed by atoms with Crippen molar-refractivity contribution in [3.63, 3.8) is 0 Å². The standard InChI is InChI=1S/C14H17BrClNO/c1-9-7-11(15)13(8-12(9)16)17-14(18)10-5-3-2-4-6-10/h7-8,10H,2-6H2,1H3,(H,17,18). The average Bonchev–Trinajstić information content (AvgIpc) is 2.37. The molecule has 1 aliphatic rings. The molecule has 1 aromatic rings. The maximum absolute atomic E-state index is 12.1. The Morgan fingerprint density at radius 2 is 2.00 bits per heavy atom. The molecule has 1 aliphatic carbocycles. The third-order valence-electron chi connectivity index (χ3n) is 3.48. The molecule has 0 spiro atoms. The van der Waals surface area contributed by atoms with Crippen molar-refractivity contribution in [2.45, 2.75) is 39.0 Å². The normalized spacial score (nSPS) is 16.6. The molecule has 98 valence electrons. The third-order valence-corrected chi connectivity index (χ3v) is 4.55. The summed E-state index contributed by atoms with van der Waals surface area (Å²) in [6, 6.07) is 3.74. The number of carbonyl (C=O) groups is 1. The highest BCUT2D eigenvalue weighted by Crippen LogP contribution is 2.31. The van der Waals surface area contributed by atoms with Gasteiger partial charge in [0, 0.05) is 15.4 Å². The van der Waals surface area contributed by atoms with Crippen molar-refractivity contribution >= 4 is 39.1 Å². The Morgan fingerprint density at radius 3 is 2.67 bits per heavy atom. The van der Waals surface area contributed by atoms with Crippen molar-refractivity contribution in [3.05, 3.63) is 27.2 Å². The first-order valence-corrected chi connectivity index (χ1v) is 7.51. The number of nitrogens with one attached hydrogen (secondary N) is 1. The number of benzene rings is 1. The Kier molecular flexibility index (Phi) is 4.68. The zero-order chi connectivity index (χ0) is 13.1. The van der Waals surface area contributed by atoms with Crippen LogP contribution in [0.2, 0.25) is 5.02 Å². The molecule has 0 unspecified atom stereocenters. The molecular formula is C14H17BrClNO. The summed E-state index contributed by atoms with van der Waals surface area (Å²) in [6.45, 7) is 1.94. The minimum atomic E-state index is 0.121. The molecule has 4 heteroatoms. The molecule has 1 amide bonds. The Bertz CT molecular complexity index is 455. The lowest BCUT2D eigenvalue weighted by molar-refractivity contribution is -0.120. The van der Waals surface area contributed by atoms with Crippen molar-refractivity contribution < 1.29 is 4.79 Å². The van der Waals surface area contributed by atoms with E-state index in [0.29, 0.717) is 5.02 Å². The SMILES string of the molecule is Cc1cc(Br)c(NC(=O)C2CCCCC2)cc1Cl. The van der Waals surface area contributed by atoms with Crippen LogP contribution < -0.4 is 5.32 Å². The molecule has 0 aliphatic heterocycles. The molecule has 1 saturated carbocycles. The van der Waals surface area contributed by atoms with Crippen LogP contribution in [0.25, 0.3) is 0 Å². The number of halogens is 2. The van der Waals surface area contributed by atoms with Gasteiger partial charge in [-0.1, -0.05) is 30.9 Å². The number of hydrogen-bond donors (Lipinski definition) is 1. The lowest BCUT2D eigenvalue weighted by atomic mass is 9.88. The van der Waals surface area contributed by atoms with Gasteiger partial charge in [-0.2, -0.15) is 0 Å². The molecule has 0 saturated heterocycles. The van der Waals surface area contributed by atoms with E-state index in [1.54, 1.807) is 0 Å². The van der Waals surface area contributed by atoms with Gasteiger partial charge in [0.05, 0.1) is 5.69 Å². The van der Waals surface area contributed by atoms with Gasteiger partial charge in [-0.15, -0.1) is 0 Å². The zero-order valence-electron chi connectivity index (χ0n) is 10.4. The van der Waals surface area contributed by atoms with Gasteiger partial charge < -0.3 is 5.32 Å². The Balaban J connectivity index is 2.08. The van der Waals surface area contributed by atoms with Crippen LogP contribution in [0.3, 0.4) is 0 Å². The van der Waals surface area contributed by atoms with Crippen LogP contribution in [-0.2, 0) is 4.79 Å². The predicted octanol–water partition coefficient (Wildman–Crippen LogP) is 4.93. The summed E-state index contributed by atoms with van der Waals surface area (Å²) in [5.41, 5.74) is 1.76. The highest BCUT2D eigenvalue weighted by Gasteiger charge is 2.21. The van der Waals surface area contributed by atoms with Crippen LogP contribution >= 0.6 is 27.5 Å². The van der Waals surface area contributed by atoms with Crippen LogP contribution in [0.5, 0.6) is 0 Å². The molecule has 1 fully saturated rings. The van der Waals surface area contributed by atoms with Crippen molar-refractivity contribution in [1.29, 1.82) is 0 Å². The van der Waals surface area contributed by atoms with Crippen molar-refractivity contribution in [3.8, 4) is 0 Å². The lowest BCUT2D eigenvalue weighted by Crippen LogP contribution is -2.24. The second-order valence-corrected chi connectivity index (χ2v) is 6.17. The topological polar surface area (TPSA) is 29.1 Å². The monoisotopic (exact) mass is 329 g/mol. The average molecular weight is 331 g/mol. The van der Waals surface area contributed by atoms with E-state index in [0.717, 1.165) is 41.4 Å². The van der Waals surface area contributed by atoms with Crippen molar-refractivity contribution in [1.82, 2.24) is 0 Å². The van der Waals surface area contributed by atoms with Crippen LogP contribution in [0, 0.1) is 12.8 Å². The summed E-state index contributed by atoms with van der Waals surface area (Å²) in [4.78, 5) is 12.1. The molecule has 0 atom stereocenters. The molecule has 0 bridgehead atoms. The molecular weight excluding hydrogens is 314 g/mol. The first-order valence-electron chi connectivity index (χ1n) is 6.34. The molecule has 1 aromatic carbocycles. The highest BCUT2D eigenvalue weighted by atomic mass is 79.9. The number of amides is 1. The van der Waals surface area contributed by atoms with Gasteiger partial charge in [0.1, 0.15) is 0 Å². The van der Waals surface area contributed by atoms with Crippen LogP contribution in [0.15, 0.2) is 16.6 Å². The Morgan fingerprint density at radius 1 is 1.33 bits per heavy atom. The van der Waals surface area contributed by atoms with Crippen LogP contribution in [0.4, 0.5) is 5.69 Å². The summed E-state index contributed by atoms with van der Waals surface area (Å²) in [6.07, 6.45) is 5.58. The first-order chi connectivity index (χ1) is 8.58. The molecule has 0 heterocycles. The maximum atomic E-state index is 12.1. The molecule has 2 nitrogen and oxygen atoms in total. The zero-order valence-corrected chi connectivity index (χ0v) is 12.8. The van der Waals surface area contributed by atoms with Gasteiger partial charge in [0.15, 0.2) is 0 Å². The van der Waals surface area contributed by atoms with Gasteiger partial charge >= 0.3 is 0 Å². The summed E-state index contributed by atoms with van der Waals surface area (Å²) in [5.74, 6) is 0.279. The van der Waals surface area contributed by atoms with E-state index in [-0.39, 0.29) is 11.8 Å². The minimum absolute atomic E-state index is 0.121. The van der Waals surface area contributed by atoms with Crippen LogP contribution in [0.1, 0.15) is 37.7 Å². The Hall–Kier alpha value is -0.540. The van der Waals surface area contributed by atoms with E-state index < -0.39 is 0 Å². The van der Waals surface area contributed by atoms with E-state index in [4.69, 9.17) is 11.6 Å². The predicted molar refractivity (Wildman–Crippen MR) is 79.1 cm³/mol. The van der Waals surface area contributed by atoms with Crippen molar-refractivity contribution in [2.75, 3.05) is 5.32 Å². The molecule has 18 heavy (non-hydrogen) atoms. The van der Waals surface area contributed by atoms with Gasteiger partial charge in [0.25, 0.3) is 0 Å². The number of carbonyl (C=O) groups excluding carboxylic acids is 1. The summed E-state index contributed by atoms with van der Waals surface area (Å²) in [5, 5.41) is 3.66. The second-order valence-electron chi connectivity index (χ2n) is 4.91. The van der Waals surface area contributed by atoms with Gasteiger partial charge in [-0.3, -0.25) is 4.79 Å². The molecule has 1 N–H and O–H groups in total. The minimum Gasteiger partial charge on any atom is -0.325 e. The largest absolute Gasteiger partial charge is 0.325 e. The number of anilines is 1. The maximum Gasteiger partial charge on any atom is 0.227 e. The smallest absolute Gasteiger partial charge is 0.227 e. The van der Waals surface area contributed by atoms with E-state index in [1.807, 2.05) is 19.1 Å². The summed E-state index contributed by atoms with van der Waals surface area (Å²) >= 11 is 9.54. The number of hydrogen-bond acceptors (Lipinski definition) is 1. The lowest BCUT2D eigenvalue weighted by Gasteiger charge is -2.21. The molecule has 2 rings (SSSR count). The Labute approximate surface area is 121 Å². The van der Waals surface area contributed by atoms with Gasteiger partial charge in [0.2, 0.25) is 5.91 Å². The van der Waals surface area contributed by atoms with Crippen molar-refractivity contribution in [2.24, 2.45) is 5.92 Å². The number of aryl methyl sites for hydroxylation is 1. The second kappa shape index (κ2) is 6.07. The van der Waals surface area contributed by atoms with E-state index in [2.05, 4.69) is 21.2 Å². The van der Waals surface area contributed by atoms with E-state index in [9.17, 15) is 4.79 Å². The summed E-state index contributed by atoms with van der Waals surface area (Å²) < 4.78 is 0.883. The van der Waals surface area contributed by atoms with E-state index in [1.165, 1.54) is 6.42 Å². The highest BCUT2D eigenvalue weighted by molar-refractivity contribution is 9.10. The molecule has 0 radical (unpaired) electrons. The van der Waals surface area contributed by atoms with E-state index >= 15 is 0 Å². The fourth-order valence-electron chi connectivity index (χ4n) is 2.34. The third kappa shape index (κ3) is 3.27.